The van der Waals surface area contributed by atoms with E-state index in [1.54, 1.807) is 59.2 Å². The minimum Gasteiger partial charge on any atom is -0.497 e. The van der Waals surface area contributed by atoms with Crippen molar-refractivity contribution in [2.75, 3.05) is 44.8 Å². The van der Waals surface area contributed by atoms with Crippen LogP contribution in [-0.4, -0.2) is 65.2 Å². The Hall–Kier alpha value is -3.88. The number of pyridine rings is 1. The number of hydrogen-bond donors (Lipinski definition) is 0. The predicted molar refractivity (Wildman–Crippen MR) is 121 cm³/mol. The van der Waals surface area contributed by atoms with E-state index in [2.05, 4.69) is 16.5 Å². The zero-order valence-electron chi connectivity index (χ0n) is 17.9. The van der Waals surface area contributed by atoms with Crippen molar-refractivity contribution < 1.29 is 14.3 Å². The van der Waals surface area contributed by atoms with Gasteiger partial charge in [-0.25, -0.2) is 9.97 Å². The summed E-state index contributed by atoms with van der Waals surface area (Å²) in [5, 5.41) is 0. The fourth-order valence-corrected chi connectivity index (χ4v) is 3.64. The maximum atomic E-state index is 13.1. The SMILES string of the molecule is C=CCn1c(=O)c(N2CCN(C(=O)COc3ccc(OC)cc3)CC2)nc2cccnc21. The summed E-state index contributed by atoms with van der Waals surface area (Å²) >= 11 is 0. The number of fused-ring (bicyclic) bond motifs is 1. The second-order valence-corrected chi connectivity index (χ2v) is 7.32. The normalized spacial score (nSPS) is 13.8. The third-order valence-corrected chi connectivity index (χ3v) is 5.35. The minimum atomic E-state index is -0.210. The van der Waals surface area contributed by atoms with E-state index in [0.717, 1.165) is 5.75 Å². The lowest BCUT2D eigenvalue weighted by Crippen LogP contribution is -2.51. The van der Waals surface area contributed by atoms with E-state index in [1.807, 2.05) is 11.0 Å². The maximum Gasteiger partial charge on any atom is 0.295 e. The Bertz CT molecular complexity index is 1170. The van der Waals surface area contributed by atoms with Gasteiger partial charge < -0.3 is 19.3 Å². The molecule has 9 nitrogen and oxygen atoms in total. The summed E-state index contributed by atoms with van der Waals surface area (Å²) in [6, 6.07) is 10.7. The van der Waals surface area contributed by atoms with Crippen LogP contribution in [0.1, 0.15) is 0 Å². The molecule has 1 aliphatic rings. The Balaban J connectivity index is 1.41. The largest absolute Gasteiger partial charge is 0.497 e. The van der Waals surface area contributed by atoms with Crippen LogP contribution in [-0.2, 0) is 11.3 Å². The first-order chi connectivity index (χ1) is 15.6. The molecule has 166 valence electrons. The number of carbonyl (C=O) groups excluding carboxylic acids is 1. The van der Waals surface area contributed by atoms with E-state index in [4.69, 9.17) is 9.47 Å². The van der Waals surface area contributed by atoms with Crippen LogP contribution in [0.4, 0.5) is 5.82 Å². The number of carbonyl (C=O) groups is 1. The van der Waals surface area contributed by atoms with E-state index in [9.17, 15) is 9.59 Å². The minimum absolute atomic E-state index is 0.0433. The zero-order valence-corrected chi connectivity index (χ0v) is 17.9. The molecule has 3 heterocycles. The highest BCUT2D eigenvalue weighted by atomic mass is 16.5. The standard InChI is InChI=1S/C23H25N5O4/c1-3-11-28-21-19(5-4-10-24-21)25-22(23(28)30)27-14-12-26(13-15-27)20(29)16-32-18-8-6-17(31-2)7-9-18/h3-10H,1,11-16H2,2H3. The molecule has 9 heteroatoms. The third kappa shape index (κ3) is 4.41. The summed E-state index contributed by atoms with van der Waals surface area (Å²) in [5.74, 6) is 1.61. The molecule has 0 aliphatic carbocycles. The fraction of sp³-hybridized carbons (Fsp3) is 0.304. The van der Waals surface area contributed by atoms with Gasteiger partial charge >= 0.3 is 0 Å². The number of allylic oxidation sites excluding steroid dienone is 1. The lowest BCUT2D eigenvalue weighted by atomic mass is 10.3. The number of rotatable bonds is 7. The molecular weight excluding hydrogens is 410 g/mol. The summed E-state index contributed by atoms with van der Waals surface area (Å²) < 4.78 is 12.3. The first-order valence-electron chi connectivity index (χ1n) is 10.4. The van der Waals surface area contributed by atoms with E-state index >= 15 is 0 Å². The van der Waals surface area contributed by atoms with Gasteiger partial charge in [0.05, 0.1) is 7.11 Å². The Morgan fingerprint density at radius 1 is 1.12 bits per heavy atom. The van der Waals surface area contributed by atoms with Crippen molar-refractivity contribution in [2.45, 2.75) is 6.54 Å². The van der Waals surface area contributed by atoms with Gasteiger partial charge in [-0.2, -0.15) is 0 Å². The van der Waals surface area contributed by atoms with Gasteiger partial charge in [0.2, 0.25) is 0 Å². The number of methoxy groups -OCH3 is 1. The van der Waals surface area contributed by atoms with Gasteiger partial charge in [0.15, 0.2) is 18.1 Å². The number of benzene rings is 1. The number of amides is 1. The molecule has 1 aliphatic heterocycles. The second kappa shape index (κ2) is 9.51. The summed E-state index contributed by atoms with van der Waals surface area (Å²) in [4.78, 5) is 38.1. The van der Waals surface area contributed by atoms with Gasteiger partial charge in [-0.1, -0.05) is 6.08 Å². The summed E-state index contributed by atoms with van der Waals surface area (Å²) in [6.07, 6.45) is 3.31. The molecule has 0 N–H and O–H groups in total. The number of nitrogens with zero attached hydrogens (tertiary/aromatic N) is 5. The van der Waals surface area contributed by atoms with Crippen LogP contribution in [0.15, 0.2) is 60.0 Å². The first-order valence-corrected chi connectivity index (χ1v) is 10.4. The molecule has 0 saturated carbocycles. The number of hydrogen-bond acceptors (Lipinski definition) is 7. The molecule has 4 rings (SSSR count). The Morgan fingerprint density at radius 2 is 1.84 bits per heavy atom. The number of aromatic nitrogens is 3. The average molecular weight is 435 g/mol. The van der Waals surface area contributed by atoms with Crippen molar-refractivity contribution in [1.82, 2.24) is 19.4 Å². The van der Waals surface area contributed by atoms with E-state index < -0.39 is 0 Å². The smallest absolute Gasteiger partial charge is 0.295 e. The number of ether oxygens (including phenoxy) is 2. The van der Waals surface area contributed by atoms with Crippen LogP contribution in [0.2, 0.25) is 0 Å². The average Bonchev–Trinajstić information content (AvgIpc) is 2.84. The van der Waals surface area contributed by atoms with E-state index in [0.29, 0.717) is 55.5 Å². The Labute approximate surface area is 185 Å². The van der Waals surface area contributed by atoms with Crippen LogP contribution >= 0.6 is 0 Å². The highest BCUT2D eigenvalue weighted by Gasteiger charge is 2.25. The maximum absolute atomic E-state index is 13.1. The molecule has 0 unspecified atom stereocenters. The van der Waals surface area contributed by atoms with Gasteiger partial charge in [0.1, 0.15) is 17.0 Å². The van der Waals surface area contributed by atoms with Crippen molar-refractivity contribution in [2.24, 2.45) is 0 Å². The molecule has 1 amide bonds. The molecule has 32 heavy (non-hydrogen) atoms. The highest BCUT2D eigenvalue weighted by molar-refractivity contribution is 5.78. The van der Waals surface area contributed by atoms with Crippen molar-refractivity contribution in [3.8, 4) is 11.5 Å². The van der Waals surface area contributed by atoms with Gasteiger partial charge in [-0.15, -0.1) is 6.58 Å². The van der Waals surface area contributed by atoms with Gasteiger partial charge in [0, 0.05) is 38.9 Å². The van der Waals surface area contributed by atoms with E-state index in [-0.39, 0.29) is 18.1 Å². The molecular formula is C23H25N5O4. The number of anilines is 1. The summed E-state index contributed by atoms with van der Waals surface area (Å²) in [5.41, 5.74) is 0.972. The van der Waals surface area contributed by atoms with Crippen LogP contribution in [0.25, 0.3) is 11.2 Å². The first kappa shape index (κ1) is 21.4. The molecule has 0 spiro atoms. The molecule has 0 bridgehead atoms. The monoisotopic (exact) mass is 435 g/mol. The molecule has 1 fully saturated rings. The zero-order chi connectivity index (χ0) is 22.5. The third-order valence-electron chi connectivity index (χ3n) is 5.35. The van der Waals surface area contributed by atoms with Crippen LogP contribution < -0.4 is 19.9 Å². The fourth-order valence-electron chi connectivity index (χ4n) is 3.64. The van der Waals surface area contributed by atoms with Gasteiger partial charge in [-0.3, -0.25) is 14.2 Å². The molecule has 1 aromatic carbocycles. The Kier molecular flexibility index (Phi) is 6.34. The van der Waals surface area contributed by atoms with Crippen molar-refractivity contribution in [1.29, 1.82) is 0 Å². The summed E-state index contributed by atoms with van der Waals surface area (Å²) in [6.45, 7) is 6.04. The molecule has 1 saturated heterocycles. The predicted octanol–water partition coefficient (Wildman–Crippen LogP) is 1.71. The van der Waals surface area contributed by atoms with E-state index in [1.165, 1.54) is 0 Å². The lowest BCUT2D eigenvalue weighted by molar-refractivity contribution is -0.133. The van der Waals surface area contributed by atoms with Gasteiger partial charge in [-0.05, 0) is 36.4 Å². The lowest BCUT2D eigenvalue weighted by Gasteiger charge is -2.35. The van der Waals surface area contributed by atoms with Gasteiger partial charge in [0.25, 0.3) is 11.5 Å². The molecule has 0 radical (unpaired) electrons. The van der Waals surface area contributed by atoms with Crippen LogP contribution in [0.5, 0.6) is 11.5 Å². The van der Waals surface area contributed by atoms with Crippen molar-refractivity contribution in [3.63, 3.8) is 0 Å². The molecule has 3 aromatic rings. The topological polar surface area (TPSA) is 89.8 Å². The van der Waals surface area contributed by atoms with Crippen molar-refractivity contribution in [3.05, 3.63) is 65.6 Å². The molecule has 2 aromatic heterocycles. The van der Waals surface area contributed by atoms with Crippen LogP contribution in [0.3, 0.4) is 0 Å². The Morgan fingerprint density at radius 3 is 2.53 bits per heavy atom. The second-order valence-electron chi connectivity index (χ2n) is 7.32. The molecule has 0 atom stereocenters. The van der Waals surface area contributed by atoms with Crippen molar-refractivity contribution >= 4 is 22.9 Å². The van der Waals surface area contributed by atoms with Crippen LogP contribution in [0, 0.1) is 0 Å². The quantitative estimate of drug-likeness (QED) is 0.522. The highest BCUT2D eigenvalue weighted by Crippen LogP contribution is 2.18. The number of piperazine rings is 1. The summed E-state index contributed by atoms with van der Waals surface area (Å²) in [7, 11) is 1.60.